The maximum Gasteiger partial charge on any atom is 0.335 e. The number of aliphatic hydroxyl groups excluding tert-OH is 1. The molecule has 1 unspecified atom stereocenters. The lowest BCUT2D eigenvalue weighted by Crippen LogP contribution is -2.08. The molecule has 0 radical (unpaired) electrons. The molecule has 1 atom stereocenters. The van der Waals surface area contributed by atoms with Crippen LogP contribution in [-0.2, 0) is 6.42 Å². The van der Waals surface area contributed by atoms with Crippen LogP contribution >= 0.6 is 0 Å². The minimum atomic E-state index is -1.04. The number of benzene rings is 1. The van der Waals surface area contributed by atoms with E-state index in [-0.39, 0.29) is 5.56 Å². The summed E-state index contributed by atoms with van der Waals surface area (Å²) in [6.45, 7) is 1.62. The lowest BCUT2D eigenvalue weighted by molar-refractivity contribution is 0.0696. The molecular weight excluding hydrogens is 224 g/mol. The standard InChI is InChI=1S/C12H16O5/c1-7(13)4-8-5-9(12(14)15)6-10(16-2)11(8)17-3/h5-7,13H,4H2,1-3H3,(H,14,15). The fourth-order valence-corrected chi connectivity index (χ4v) is 1.64. The average Bonchev–Trinajstić information content (AvgIpc) is 2.26. The first kappa shape index (κ1) is 13.3. The summed E-state index contributed by atoms with van der Waals surface area (Å²) in [6, 6.07) is 2.88. The van der Waals surface area contributed by atoms with Crippen molar-refractivity contribution in [3.63, 3.8) is 0 Å². The van der Waals surface area contributed by atoms with Crippen molar-refractivity contribution in [3.8, 4) is 11.5 Å². The predicted octanol–water partition coefficient (Wildman–Crippen LogP) is 1.33. The molecule has 0 aliphatic rings. The highest BCUT2D eigenvalue weighted by molar-refractivity contribution is 5.89. The second kappa shape index (κ2) is 5.54. The molecule has 0 aliphatic carbocycles. The van der Waals surface area contributed by atoms with Crippen LogP contribution in [0.25, 0.3) is 0 Å². The maximum atomic E-state index is 10.9. The number of aliphatic hydroxyl groups is 1. The number of rotatable bonds is 5. The first-order valence-electron chi connectivity index (χ1n) is 5.15. The van der Waals surface area contributed by atoms with Crippen LogP contribution in [0.15, 0.2) is 12.1 Å². The van der Waals surface area contributed by atoms with E-state index in [4.69, 9.17) is 14.6 Å². The third-order valence-electron chi connectivity index (χ3n) is 2.32. The van der Waals surface area contributed by atoms with Crippen LogP contribution in [0.5, 0.6) is 11.5 Å². The number of carbonyl (C=O) groups is 1. The van der Waals surface area contributed by atoms with E-state index in [2.05, 4.69) is 0 Å². The van der Waals surface area contributed by atoms with Gasteiger partial charge in [-0.05, 0) is 19.1 Å². The lowest BCUT2D eigenvalue weighted by Gasteiger charge is -2.14. The number of carboxylic acid groups (broad SMARTS) is 1. The zero-order valence-electron chi connectivity index (χ0n) is 10.1. The number of hydrogen-bond acceptors (Lipinski definition) is 4. The van der Waals surface area contributed by atoms with Gasteiger partial charge in [0.05, 0.1) is 25.9 Å². The highest BCUT2D eigenvalue weighted by Crippen LogP contribution is 2.33. The third kappa shape index (κ3) is 3.10. The van der Waals surface area contributed by atoms with E-state index >= 15 is 0 Å². The molecule has 1 rings (SSSR count). The summed E-state index contributed by atoms with van der Waals surface area (Å²) in [4.78, 5) is 10.9. The summed E-state index contributed by atoms with van der Waals surface area (Å²) in [5.41, 5.74) is 0.720. The van der Waals surface area contributed by atoms with Crippen molar-refractivity contribution in [2.75, 3.05) is 14.2 Å². The Kier molecular flexibility index (Phi) is 4.34. The summed E-state index contributed by atoms with van der Waals surface area (Å²) in [5, 5.41) is 18.3. The fourth-order valence-electron chi connectivity index (χ4n) is 1.64. The quantitative estimate of drug-likeness (QED) is 0.811. The molecule has 5 heteroatoms. The van der Waals surface area contributed by atoms with Gasteiger partial charge in [0.25, 0.3) is 0 Å². The van der Waals surface area contributed by atoms with Crippen molar-refractivity contribution < 1.29 is 24.5 Å². The monoisotopic (exact) mass is 240 g/mol. The van der Waals surface area contributed by atoms with Crippen LogP contribution in [0, 0.1) is 0 Å². The van der Waals surface area contributed by atoms with Gasteiger partial charge in [0, 0.05) is 12.0 Å². The van der Waals surface area contributed by atoms with Gasteiger partial charge in [-0.15, -0.1) is 0 Å². The summed E-state index contributed by atoms with van der Waals surface area (Å²) in [7, 11) is 2.92. The zero-order chi connectivity index (χ0) is 13.0. The number of carboxylic acids is 1. The van der Waals surface area contributed by atoms with Crippen molar-refractivity contribution in [1.29, 1.82) is 0 Å². The van der Waals surface area contributed by atoms with Gasteiger partial charge in [-0.25, -0.2) is 4.79 Å². The number of aromatic carboxylic acids is 1. The molecule has 0 aliphatic heterocycles. The minimum absolute atomic E-state index is 0.110. The summed E-state index contributed by atoms with van der Waals surface area (Å²) >= 11 is 0. The second-order valence-electron chi connectivity index (χ2n) is 3.73. The molecule has 0 spiro atoms. The molecule has 5 nitrogen and oxygen atoms in total. The van der Waals surface area contributed by atoms with Crippen molar-refractivity contribution in [2.45, 2.75) is 19.4 Å². The van der Waals surface area contributed by atoms with E-state index in [1.807, 2.05) is 0 Å². The Morgan fingerprint density at radius 2 is 2.00 bits per heavy atom. The van der Waals surface area contributed by atoms with Gasteiger partial charge < -0.3 is 19.7 Å². The summed E-state index contributed by atoms with van der Waals surface area (Å²) in [6.07, 6.45) is -0.279. The Hall–Kier alpha value is -1.75. The van der Waals surface area contributed by atoms with Gasteiger partial charge in [-0.1, -0.05) is 0 Å². The maximum absolute atomic E-state index is 10.9. The van der Waals surface area contributed by atoms with Crippen LogP contribution in [0.4, 0.5) is 0 Å². The Bertz CT molecular complexity index is 412. The molecule has 17 heavy (non-hydrogen) atoms. The van der Waals surface area contributed by atoms with Crippen molar-refractivity contribution >= 4 is 5.97 Å². The molecular formula is C12H16O5. The van der Waals surface area contributed by atoms with E-state index in [9.17, 15) is 9.90 Å². The van der Waals surface area contributed by atoms with Crippen molar-refractivity contribution in [1.82, 2.24) is 0 Å². The Morgan fingerprint density at radius 3 is 2.41 bits per heavy atom. The van der Waals surface area contributed by atoms with Crippen LogP contribution < -0.4 is 9.47 Å². The molecule has 0 amide bonds. The van der Waals surface area contributed by atoms with Crippen LogP contribution in [0.1, 0.15) is 22.8 Å². The number of ether oxygens (including phenoxy) is 2. The summed E-state index contributed by atoms with van der Waals surface area (Å²) in [5.74, 6) is -0.237. The second-order valence-corrected chi connectivity index (χ2v) is 3.73. The highest BCUT2D eigenvalue weighted by atomic mass is 16.5. The lowest BCUT2D eigenvalue weighted by atomic mass is 10.0. The zero-order valence-corrected chi connectivity index (χ0v) is 10.1. The Morgan fingerprint density at radius 1 is 1.35 bits per heavy atom. The first-order valence-corrected chi connectivity index (χ1v) is 5.15. The molecule has 94 valence electrons. The minimum Gasteiger partial charge on any atom is -0.493 e. The topological polar surface area (TPSA) is 76.0 Å². The van der Waals surface area contributed by atoms with Crippen molar-refractivity contribution in [3.05, 3.63) is 23.3 Å². The smallest absolute Gasteiger partial charge is 0.335 e. The largest absolute Gasteiger partial charge is 0.493 e. The number of hydrogen-bond donors (Lipinski definition) is 2. The normalized spacial score (nSPS) is 12.0. The van der Waals surface area contributed by atoms with Crippen LogP contribution in [-0.4, -0.2) is 36.5 Å². The first-order chi connectivity index (χ1) is 7.99. The van der Waals surface area contributed by atoms with E-state index in [1.165, 1.54) is 26.4 Å². The third-order valence-corrected chi connectivity index (χ3v) is 2.32. The van der Waals surface area contributed by atoms with Crippen LogP contribution in [0.3, 0.4) is 0 Å². The Labute approximate surface area is 99.6 Å². The predicted molar refractivity (Wildman–Crippen MR) is 61.9 cm³/mol. The van der Waals surface area contributed by atoms with Gasteiger partial charge in [-0.2, -0.15) is 0 Å². The van der Waals surface area contributed by atoms with E-state index in [0.717, 1.165) is 0 Å². The number of methoxy groups -OCH3 is 2. The van der Waals surface area contributed by atoms with Gasteiger partial charge in [0.15, 0.2) is 11.5 Å². The molecule has 0 fully saturated rings. The van der Waals surface area contributed by atoms with Crippen LogP contribution in [0.2, 0.25) is 0 Å². The van der Waals surface area contributed by atoms with Gasteiger partial charge >= 0.3 is 5.97 Å². The molecule has 1 aromatic carbocycles. The average molecular weight is 240 g/mol. The fraction of sp³-hybridized carbons (Fsp3) is 0.417. The molecule has 0 heterocycles. The Balaban J connectivity index is 3.31. The molecule has 0 saturated carbocycles. The molecule has 0 aromatic heterocycles. The summed E-state index contributed by atoms with van der Waals surface area (Å²) < 4.78 is 10.3. The van der Waals surface area contributed by atoms with Gasteiger partial charge in [-0.3, -0.25) is 0 Å². The van der Waals surface area contributed by atoms with E-state index in [0.29, 0.717) is 23.5 Å². The molecule has 0 saturated heterocycles. The van der Waals surface area contributed by atoms with E-state index < -0.39 is 12.1 Å². The highest BCUT2D eigenvalue weighted by Gasteiger charge is 2.16. The van der Waals surface area contributed by atoms with Gasteiger partial charge in [0.1, 0.15) is 0 Å². The SMILES string of the molecule is COc1cc(C(=O)O)cc(CC(C)O)c1OC. The van der Waals surface area contributed by atoms with Gasteiger partial charge in [0.2, 0.25) is 0 Å². The molecule has 2 N–H and O–H groups in total. The molecule has 1 aromatic rings. The van der Waals surface area contributed by atoms with Crippen molar-refractivity contribution in [2.24, 2.45) is 0 Å². The van der Waals surface area contributed by atoms with E-state index in [1.54, 1.807) is 6.92 Å². The molecule has 0 bridgehead atoms.